The highest BCUT2D eigenvalue weighted by atomic mass is 16.5. The Hall–Kier alpha value is -2.13. The van der Waals surface area contributed by atoms with Gasteiger partial charge in [-0.15, -0.1) is 0 Å². The fourth-order valence-corrected chi connectivity index (χ4v) is 1.88. The lowest BCUT2D eigenvalue weighted by Gasteiger charge is -2.08. The van der Waals surface area contributed by atoms with Crippen LogP contribution in [0.2, 0.25) is 0 Å². The van der Waals surface area contributed by atoms with E-state index in [1.165, 1.54) is 5.56 Å². The summed E-state index contributed by atoms with van der Waals surface area (Å²) in [4.78, 5) is 4.42. The number of aliphatic imine (C=N–C) groups is 1. The maximum absolute atomic E-state index is 5.73. The second-order valence-electron chi connectivity index (χ2n) is 4.84. The van der Waals surface area contributed by atoms with E-state index in [2.05, 4.69) is 17.1 Å². The molecule has 0 aromatic heterocycles. The van der Waals surface area contributed by atoms with Gasteiger partial charge in [-0.25, -0.2) is 0 Å². The third kappa shape index (κ3) is 5.40. The van der Waals surface area contributed by atoms with E-state index in [9.17, 15) is 0 Å². The van der Waals surface area contributed by atoms with Crippen LogP contribution in [-0.4, -0.2) is 19.4 Å². The van der Waals surface area contributed by atoms with Crippen molar-refractivity contribution in [1.29, 1.82) is 0 Å². The van der Waals surface area contributed by atoms with Gasteiger partial charge in [-0.3, -0.25) is 4.99 Å². The summed E-state index contributed by atoms with van der Waals surface area (Å²) in [6, 6.07) is 18.1. The summed E-state index contributed by atoms with van der Waals surface area (Å²) in [5.41, 5.74) is 2.33. The van der Waals surface area contributed by atoms with Crippen LogP contribution < -0.4 is 4.74 Å². The molecule has 21 heavy (non-hydrogen) atoms. The predicted octanol–water partition coefficient (Wildman–Crippen LogP) is 3.87. The number of benzene rings is 2. The maximum Gasteiger partial charge on any atom is 0.118 e. The molecule has 2 aromatic carbocycles. The highest BCUT2D eigenvalue weighted by molar-refractivity contribution is 5.62. The second kappa shape index (κ2) is 8.22. The summed E-state index contributed by atoms with van der Waals surface area (Å²) in [6.45, 7) is 3.26. The van der Waals surface area contributed by atoms with Crippen molar-refractivity contribution >= 4 is 6.21 Å². The zero-order valence-corrected chi connectivity index (χ0v) is 12.5. The minimum absolute atomic E-state index is 0.00320. The molecule has 0 amide bonds. The van der Waals surface area contributed by atoms with Gasteiger partial charge in [-0.05, 0) is 30.2 Å². The molecule has 0 aliphatic heterocycles. The Labute approximate surface area is 126 Å². The smallest absolute Gasteiger partial charge is 0.118 e. The molecule has 0 heterocycles. The van der Waals surface area contributed by atoms with Gasteiger partial charge in [0.1, 0.15) is 5.75 Å². The summed E-state index contributed by atoms with van der Waals surface area (Å²) >= 11 is 0. The van der Waals surface area contributed by atoms with Crippen LogP contribution in [0.15, 0.2) is 59.6 Å². The Kier molecular flexibility index (Phi) is 5.98. The average Bonchev–Trinajstić information content (AvgIpc) is 2.54. The summed E-state index contributed by atoms with van der Waals surface area (Å²) in [7, 11) is 1.67. The number of hydrogen-bond donors (Lipinski definition) is 0. The number of methoxy groups -OCH3 is 1. The van der Waals surface area contributed by atoms with Gasteiger partial charge >= 0.3 is 0 Å². The minimum atomic E-state index is 0.00320. The molecule has 0 aliphatic rings. The van der Waals surface area contributed by atoms with E-state index in [0.29, 0.717) is 13.2 Å². The zero-order chi connectivity index (χ0) is 14.9. The van der Waals surface area contributed by atoms with Crippen LogP contribution >= 0.6 is 0 Å². The van der Waals surface area contributed by atoms with Crippen molar-refractivity contribution in [3.63, 3.8) is 0 Å². The Morgan fingerprint density at radius 2 is 1.71 bits per heavy atom. The van der Waals surface area contributed by atoms with Crippen LogP contribution in [0, 0.1) is 0 Å². The number of hydrogen-bond acceptors (Lipinski definition) is 3. The molecule has 0 saturated carbocycles. The monoisotopic (exact) mass is 283 g/mol. The Bertz CT molecular complexity index is 549. The highest BCUT2D eigenvalue weighted by Crippen LogP contribution is 2.11. The van der Waals surface area contributed by atoms with Crippen molar-refractivity contribution in [2.75, 3.05) is 7.11 Å². The molecule has 0 spiro atoms. The normalized spacial score (nSPS) is 12.5. The molecule has 110 valence electrons. The SMILES string of the molecule is COc1ccc(CN=CC(C)OCc2ccccc2)cc1. The van der Waals surface area contributed by atoms with Gasteiger partial charge in [0.15, 0.2) is 0 Å². The summed E-state index contributed by atoms with van der Waals surface area (Å²) in [6.07, 6.45) is 1.86. The molecule has 1 unspecified atom stereocenters. The van der Waals surface area contributed by atoms with E-state index in [-0.39, 0.29) is 6.10 Å². The van der Waals surface area contributed by atoms with E-state index in [1.54, 1.807) is 7.11 Å². The average molecular weight is 283 g/mol. The summed E-state index contributed by atoms with van der Waals surface area (Å²) in [5, 5.41) is 0. The van der Waals surface area contributed by atoms with Gasteiger partial charge in [0.25, 0.3) is 0 Å². The van der Waals surface area contributed by atoms with Crippen LogP contribution in [0.3, 0.4) is 0 Å². The molecule has 0 fully saturated rings. The van der Waals surface area contributed by atoms with Crippen molar-refractivity contribution in [2.24, 2.45) is 4.99 Å². The van der Waals surface area contributed by atoms with E-state index >= 15 is 0 Å². The standard InChI is InChI=1S/C18H21NO2/c1-15(21-14-17-6-4-3-5-7-17)12-19-13-16-8-10-18(20-2)11-9-16/h3-12,15H,13-14H2,1-2H3. The van der Waals surface area contributed by atoms with E-state index in [1.807, 2.05) is 55.6 Å². The molecule has 0 bridgehead atoms. The Balaban J connectivity index is 1.75. The van der Waals surface area contributed by atoms with Crippen LogP contribution in [0.1, 0.15) is 18.1 Å². The molecule has 2 rings (SSSR count). The van der Waals surface area contributed by atoms with Crippen LogP contribution in [0.4, 0.5) is 0 Å². The van der Waals surface area contributed by atoms with Crippen molar-refractivity contribution in [2.45, 2.75) is 26.2 Å². The Morgan fingerprint density at radius 3 is 2.38 bits per heavy atom. The molecule has 0 N–H and O–H groups in total. The quantitative estimate of drug-likeness (QED) is 0.722. The van der Waals surface area contributed by atoms with E-state index in [0.717, 1.165) is 11.3 Å². The first-order valence-electron chi connectivity index (χ1n) is 7.06. The van der Waals surface area contributed by atoms with Crippen LogP contribution in [0.5, 0.6) is 5.75 Å². The van der Waals surface area contributed by atoms with Crippen LogP contribution in [0.25, 0.3) is 0 Å². The van der Waals surface area contributed by atoms with Crippen molar-refractivity contribution < 1.29 is 9.47 Å². The van der Waals surface area contributed by atoms with E-state index < -0.39 is 0 Å². The molecule has 0 aliphatic carbocycles. The molecule has 0 radical (unpaired) electrons. The summed E-state index contributed by atoms with van der Waals surface area (Å²) in [5.74, 6) is 0.863. The van der Waals surface area contributed by atoms with Gasteiger partial charge in [0, 0.05) is 6.21 Å². The Morgan fingerprint density at radius 1 is 1.00 bits per heavy atom. The first kappa shape index (κ1) is 15.3. The summed E-state index contributed by atoms with van der Waals surface area (Å²) < 4.78 is 10.9. The number of rotatable bonds is 7. The van der Waals surface area contributed by atoms with E-state index in [4.69, 9.17) is 9.47 Å². The largest absolute Gasteiger partial charge is 0.497 e. The highest BCUT2D eigenvalue weighted by Gasteiger charge is 1.99. The van der Waals surface area contributed by atoms with Gasteiger partial charge in [0.2, 0.25) is 0 Å². The van der Waals surface area contributed by atoms with Gasteiger partial charge in [-0.1, -0.05) is 42.5 Å². The predicted molar refractivity (Wildman–Crippen MR) is 85.9 cm³/mol. The van der Waals surface area contributed by atoms with Gasteiger partial charge < -0.3 is 9.47 Å². The lowest BCUT2D eigenvalue weighted by atomic mass is 10.2. The van der Waals surface area contributed by atoms with Gasteiger partial charge in [-0.2, -0.15) is 0 Å². The first-order chi connectivity index (χ1) is 10.3. The van der Waals surface area contributed by atoms with Crippen molar-refractivity contribution in [3.05, 3.63) is 65.7 Å². The molecule has 3 heteroatoms. The van der Waals surface area contributed by atoms with Gasteiger partial charge in [0.05, 0.1) is 26.4 Å². The van der Waals surface area contributed by atoms with Crippen LogP contribution in [-0.2, 0) is 17.9 Å². The molecule has 2 aromatic rings. The molecule has 1 atom stereocenters. The fraction of sp³-hybridized carbons (Fsp3) is 0.278. The topological polar surface area (TPSA) is 30.8 Å². The zero-order valence-electron chi connectivity index (χ0n) is 12.5. The molecule has 0 saturated heterocycles. The fourth-order valence-electron chi connectivity index (χ4n) is 1.88. The molecule has 3 nitrogen and oxygen atoms in total. The number of nitrogens with zero attached hydrogens (tertiary/aromatic N) is 1. The lowest BCUT2D eigenvalue weighted by molar-refractivity contribution is 0.0989. The van der Waals surface area contributed by atoms with Crippen molar-refractivity contribution in [3.8, 4) is 5.75 Å². The molecular weight excluding hydrogens is 262 g/mol. The van der Waals surface area contributed by atoms with Crippen molar-refractivity contribution in [1.82, 2.24) is 0 Å². The minimum Gasteiger partial charge on any atom is -0.497 e. The third-order valence-electron chi connectivity index (χ3n) is 3.10. The molecular formula is C18H21NO2. The maximum atomic E-state index is 5.73. The number of ether oxygens (including phenoxy) is 2. The third-order valence-corrected chi connectivity index (χ3v) is 3.10. The first-order valence-corrected chi connectivity index (χ1v) is 7.06. The second-order valence-corrected chi connectivity index (χ2v) is 4.84. The lowest BCUT2D eigenvalue weighted by Crippen LogP contribution is -2.09.